The molecule has 4 fully saturated rings. The van der Waals surface area contributed by atoms with Gasteiger partial charge in [0.1, 0.15) is 0 Å². The van der Waals surface area contributed by atoms with Crippen LogP contribution in [-0.4, -0.2) is 18.2 Å². The predicted octanol–water partition coefficient (Wildman–Crippen LogP) is 4.23. The lowest BCUT2D eigenvalue weighted by Crippen LogP contribution is -2.52. The number of nitrogens with zero attached hydrogens (tertiary/aromatic N) is 2. The molecule has 6 heteroatoms. The lowest BCUT2D eigenvalue weighted by molar-refractivity contribution is -0.0492. The molecule has 1 aromatic heterocycles. The van der Waals surface area contributed by atoms with Crippen LogP contribution in [0.25, 0.3) is 0 Å². The van der Waals surface area contributed by atoms with Crippen LogP contribution in [0.4, 0.5) is 5.82 Å². The summed E-state index contributed by atoms with van der Waals surface area (Å²) in [4.78, 5) is 0.317. The van der Waals surface area contributed by atoms with Crippen LogP contribution in [0.5, 0.6) is 0 Å². The average Bonchev–Trinajstić information content (AvgIpc) is 3.01. The summed E-state index contributed by atoms with van der Waals surface area (Å²) in [5.41, 5.74) is 1.92. The Morgan fingerprint density at radius 2 is 1.67 bits per heavy atom. The van der Waals surface area contributed by atoms with Crippen molar-refractivity contribution in [2.45, 2.75) is 62.8 Å². The molecule has 0 atom stereocenters. The number of sulfonamides is 1. The third kappa shape index (κ3) is 2.89. The minimum Gasteiger partial charge on any atom is -0.264 e. The van der Waals surface area contributed by atoms with Crippen molar-refractivity contribution in [3.8, 4) is 0 Å². The molecule has 2 aromatic rings. The molecule has 4 aliphatic carbocycles. The van der Waals surface area contributed by atoms with Gasteiger partial charge in [-0.15, -0.1) is 0 Å². The molecule has 0 radical (unpaired) electrons. The Balaban J connectivity index is 1.41. The number of rotatable bonds is 4. The molecule has 5 nitrogen and oxygen atoms in total. The monoisotopic (exact) mass is 385 g/mol. The van der Waals surface area contributed by atoms with E-state index in [-0.39, 0.29) is 5.54 Å². The van der Waals surface area contributed by atoms with Crippen molar-refractivity contribution >= 4 is 15.8 Å². The highest BCUT2D eigenvalue weighted by atomic mass is 32.2. The Kier molecular flexibility index (Phi) is 3.74. The van der Waals surface area contributed by atoms with Crippen LogP contribution < -0.4 is 4.72 Å². The smallest absolute Gasteiger partial charge is 0.263 e. The molecule has 0 aliphatic heterocycles. The minimum atomic E-state index is -3.63. The molecule has 27 heavy (non-hydrogen) atoms. The van der Waals surface area contributed by atoms with Crippen LogP contribution >= 0.6 is 0 Å². The first kappa shape index (κ1) is 17.3. The molecule has 0 amide bonds. The zero-order valence-corrected chi connectivity index (χ0v) is 16.8. The zero-order chi connectivity index (χ0) is 18.8. The molecular formula is C21H27N3O2S. The van der Waals surface area contributed by atoms with E-state index in [2.05, 4.69) is 14.5 Å². The molecular weight excluding hydrogens is 358 g/mol. The van der Waals surface area contributed by atoms with Crippen LogP contribution in [-0.2, 0) is 15.6 Å². The van der Waals surface area contributed by atoms with E-state index in [1.165, 1.54) is 38.5 Å². The second-order valence-electron chi connectivity index (χ2n) is 9.16. The fourth-order valence-corrected chi connectivity index (χ4v) is 7.51. The average molecular weight is 386 g/mol. The number of benzene rings is 1. The van der Waals surface area contributed by atoms with Crippen LogP contribution in [0.2, 0.25) is 0 Å². The lowest BCUT2D eigenvalue weighted by atomic mass is 9.53. The molecule has 0 saturated heterocycles. The third-order valence-corrected chi connectivity index (χ3v) is 8.45. The van der Waals surface area contributed by atoms with Crippen molar-refractivity contribution in [3.05, 3.63) is 41.6 Å². The standard InChI is InChI=1S/C21H27N3O2S/c1-14-3-4-19(15(2)7-14)27(25,26)23-20-5-6-24(22-20)21-11-16-8-17(12-21)10-18(9-16)13-21/h3-7,16-18H,8-13H2,1-2H3,(H,22,23). The summed E-state index contributed by atoms with van der Waals surface area (Å²) in [6.07, 6.45) is 9.72. The Morgan fingerprint density at radius 1 is 1.04 bits per heavy atom. The van der Waals surface area contributed by atoms with Gasteiger partial charge in [0, 0.05) is 12.3 Å². The molecule has 1 heterocycles. The first-order valence-electron chi connectivity index (χ1n) is 9.99. The van der Waals surface area contributed by atoms with Gasteiger partial charge in [-0.3, -0.25) is 9.40 Å². The van der Waals surface area contributed by atoms with Crippen molar-refractivity contribution in [3.63, 3.8) is 0 Å². The van der Waals surface area contributed by atoms with Crippen LogP contribution in [0, 0.1) is 31.6 Å². The number of aromatic nitrogens is 2. The van der Waals surface area contributed by atoms with Crippen LogP contribution in [0.1, 0.15) is 49.7 Å². The largest absolute Gasteiger partial charge is 0.264 e. The van der Waals surface area contributed by atoms with Crippen molar-refractivity contribution < 1.29 is 8.42 Å². The molecule has 4 bridgehead atoms. The second-order valence-corrected chi connectivity index (χ2v) is 10.8. The third-order valence-electron chi connectivity index (χ3n) is 6.94. The van der Waals surface area contributed by atoms with Gasteiger partial charge in [-0.05, 0) is 81.8 Å². The van der Waals surface area contributed by atoms with E-state index in [0.717, 1.165) is 28.9 Å². The van der Waals surface area contributed by atoms with E-state index in [1.807, 2.05) is 32.2 Å². The second kappa shape index (κ2) is 5.84. The zero-order valence-electron chi connectivity index (χ0n) is 16.0. The van der Waals surface area contributed by atoms with Crippen molar-refractivity contribution in [2.24, 2.45) is 17.8 Å². The quantitative estimate of drug-likeness (QED) is 0.857. The highest BCUT2D eigenvalue weighted by Crippen LogP contribution is 2.58. The Bertz CT molecular complexity index is 957. The van der Waals surface area contributed by atoms with E-state index in [9.17, 15) is 8.42 Å². The molecule has 0 unspecified atom stereocenters. The SMILES string of the molecule is Cc1ccc(S(=O)(=O)Nc2ccn(C34CC5CC(CC(C5)C3)C4)n2)c(C)c1. The predicted molar refractivity (Wildman–Crippen MR) is 105 cm³/mol. The van der Waals surface area contributed by atoms with E-state index < -0.39 is 10.0 Å². The Hall–Kier alpha value is -1.82. The highest BCUT2D eigenvalue weighted by Gasteiger charge is 2.52. The first-order valence-corrected chi connectivity index (χ1v) is 11.5. The maximum Gasteiger partial charge on any atom is 0.263 e. The van der Waals surface area contributed by atoms with Gasteiger partial charge in [0.15, 0.2) is 5.82 Å². The summed E-state index contributed by atoms with van der Waals surface area (Å²) in [5.74, 6) is 2.91. The van der Waals surface area contributed by atoms with E-state index in [0.29, 0.717) is 10.7 Å². The highest BCUT2D eigenvalue weighted by molar-refractivity contribution is 7.92. The van der Waals surface area contributed by atoms with Crippen LogP contribution in [0.3, 0.4) is 0 Å². The maximum atomic E-state index is 12.8. The number of aryl methyl sites for hydroxylation is 2. The Labute approximate surface area is 161 Å². The van der Waals surface area contributed by atoms with Gasteiger partial charge in [-0.2, -0.15) is 5.10 Å². The summed E-state index contributed by atoms with van der Waals surface area (Å²) in [6.45, 7) is 3.79. The van der Waals surface area contributed by atoms with Gasteiger partial charge in [-0.1, -0.05) is 17.7 Å². The van der Waals surface area contributed by atoms with E-state index >= 15 is 0 Å². The summed E-state index contributed by atoms with van der Waals surface area (Å²) in [5, 5.41) is 4.68. The normalized spacial score (nSPS) is 32.0. The fourth-order valence-electron chi connectivity index (χ4n) is 6.28. The van der Waals surface area contributed by atoms with Gasteiger partial charge in [0.25, 0.3) is 10.0 Å². The number of hydrogen-bond donors (Lipinski definition) is 1. The molecule has 6 rings (SSSR count). The van der Waals surface area contributed by atoms with Crippen molar-refractivity contribution in [1.82, 2.24) is 9.78 Å². The van der Waals surface area contributed by atoms with Gasteiger partial charge >= 0.3 is 0 Å². The van der Waals surface area contributed by atoms with E-state index in [4.69, 9.17) is 0 Å². The van der Waals surface area contributed by atoms with Crippen LogP contribution in [0.15, 0.2) is 35.4 Å². The summed E-state index contributed by atoms with van der Waals surface area (Å²) < 4.78 is 30.4. The minimum absolute atomic E-state index is 0.109. The molecule has 4 saturated carbocycles. The number of anilines is 1. The lowest BCUT2D eigenvalue weighted by Gasteiger charge is -2.56. The summed E-state index contributed by atoms with van der Waals surface area (Å²) in [6, 6.07) is 7.20. The van der Waals surface area contributed by atoms with Gasteiger partial charge in [0.2, 0.25) is 0 Å². The molecule has 4 aliphatic rings. The number of nitrogens with one attached hydrogen (secondary N) is 1. The maximum absolute atomic E-state index is 12.8. The topological polar surface area (TPSA) is 64.0 Å². The molecule has 1 N–H and O–H groups in total. The van der Waals surface area contributed by atoms with Crippen molar-refractivity contribution in [1.29, 1.82) is 0 Å². The first-order chi connectivity index (χ1) is 12.8. The molecule has 1 aromatic carbocycles. The molecule has 0 spiro atoms. The van der Waals surface area contributed by atoms with Gasteiger partial charge in [0.05, 0.1) is 10.4 Å². The van der Waals surface area contributed by atoms with Crippen molar-refractivity contribution in [2.75, 3.05) is 4.72 Å². The Morgan fingerprint density at radius 3 is 2.26 bits per heavy atom. The summed E-state index contributed by atoms with van der Waals surface area (Å²) >= 11 is 0. The number of hydrogen-bond acceptors (Lipinski definition) is 3. The van der Waals surface area contributed by atoms with Gasteiger partial charge in [-0.25, -0.2) is 8.42 Å². The fraction of sp³-hybridized carbons (Fsp3) is 0.571. The summed E-state index contributed by atoms with van der Waals surface area (Å²) in [7, 11) is -3.63. The molecule has 144 valence electrons. The van der Waals surface area contributed by atoms with Gasteiger partial charge < -0.3 is 0 Å². The van der Waals surface area contributed by atoms with E-state index in [1.54, 1.807) is 12.1 Å².